The summed E-state index contributed by atoms with van der Waals surface area (Å²) in [4.78, 5) is 0. The van der Waals surface area contributed by atoms with Crippen molar-refractivity contribution in [2.45, 2.75) is 6.04 Å². The Labute approximate surface area is 91.4 Å². The van der Waals surface area contributed by atoms with Crippen molar-refractivity contribution in [3.63, 3.8) is 0 Å². The number of benzene rings is 1. The van der Waals surface area contributed by atoms with Crippen LogP contribution in [0.1, 0.15) is 11.6 Å². The SMILES string of the molecule is C=C[C@H](N)c1ccc(Br)cc1F.Cl. The van der Waals surface area contributed by atoms with E-state index in [1.165, 1.54) is 12.1 Å². The molecule has 13 heavy (non-hydrogen) atoms. The van der Waals surface area contributed by atoms with Gasteiger partial charge in [0, 0.05) is 10.0 Å². The molecular formula is C9H10BrClFN. The average Bonchev–Trinajstić information content (AvgIpc) is 2.03. The van der Waals surface area contributed by atoms with E-state index in [4.69, 9.17) is 5.73 Å². The fourth-order valence-electron chi connectivity index (χ4n) is 0.899. The molecule has 1 atom stereocenters. The minimum Gasteiger partial charge on any atom is -0.321 e. The maximum absolute atomic E-state index is 13.1. The molecule has 1 aromatic rings. The van der Waals surface area contributed by atoms with Crippen LogP contribution in [0.3, 0.4) is 0 Å². The molecule has 4 heteroatoms. The van der Waals surface area contributed by atoms with E-state index >= 15 is 0 Å². The van der Waals surface area contributed by atoms with E-state index in [-0.39, 0.29) is 18.2 Å². The van der Waals surface area contributed by atoms with E-state index in [1.807, 2.05) is 0 Å². The largest absolute Gasteiger partial charge is 0.321 e. The molecule has 0 aromatic heterocycles. The average molecular weight is 267 g/mol. The van der Waals surface area contributed by atoms with E-state index in [0.717, 1.165) is 0 Å². The Morgan fingerprint density at radius 1 is 1.54 bits per heavy atom. The lowest BCUT2D eigenvalue weighted by molar-refractivity contribution is 0.601. The van der Waals surface area contributed by atoms with Crippen molar-refractivity contribution in [3.8, 4) is 0 Å². The van der Waals surface area contributed by atoms with E-state index in [9.17, 15) is 4.39 Å². The molecule has 2 N–H and O–H groups in total. The third kappa shape index (κ3) is 3.10. The highest BCUT2D eigenvalue weighted by atomic mass is 79.9. The molecular weight excluding hydrogens is 256 g/mol. The first-order valence-corrected chi connectivity index (χ1v) is 4.27. The van der Waals surface area contributed by atoms with Gasteiger partial charge in [0.15, 0.2) is 0 Å². The normalized spacial score (nSPS) is 11.6. The van der Waals surface area contributed by atoms with Crippen molar-refractivity contribution in [1.82, 2.24) is 0 Å². The van der Waals surface area contributed by atoms with Crippen LogP contribution in [0.2, 0.25) is 0 Å². The summed E-state index contributed by atoms with van der Waals surface area (Å²) in [6, 6.07) is 4.35. The quantitative estimate of drug-likeness (QED) is 0.818. The van der Waals surface area contributed by atoms with Crippen LogP contribution in [0, 0.1) is 5.82 Å². The van der Waals surface area contributed by atoms with Crippen LogP contribution >= 0.6 is 28.3 Å². The first kappa shape index (κ1) is 12.6. The number of nitrogens with two attached hydrogens (primary N) is 1. The van der Waals surface area contributed by atoms with Crippen LogP contribution in [-0.2, 0) is 0 Å². The van der Waals surface area contributed by atoms with Crippen molar-refractivity contribution >= 4 is 28.3 Å². The second-order valence-electron chi connectivity index (χ2n) is 2.43. The first-order valence-electron chi connectivity index (χ1n) is 3.48. The van der Waals surface area contributed by atoms with Crippen molar-refractivity contribution in [2.24, 2.45) is 5.73 Å². The number of hydrogen-bond donors (Lipinski definition) is 1. The van der Waals surface area contributed by atoms with E-state index in [0.29, 0.717) is 10.0 Å². The molecule has 0 heterocycles. The summed E-state index contributed by atoms with van der Waals surface area (Å²) in [6.45, 7) is 3.50. The Hall–Kier alpha value is -0.380. The lowest BCUT2D eigenvalue weighted by Gasteiger charge is -2.07. The van der Waals surface area contributed by atoms with Crippen LogP contribution in [0.5, 0.6) is 0 Å². The fraction of sp³-hybridized carbons (Fsp3) is 0.111. The van der Waals surface area contributed by atoms with Gasteiger partial charge in [-0.15, -0.1) is 19.0 Å². The standard InChI is InChI=1S/C9H9BrFN.ClH/c1-2-9(12)7-4-3-6(10)5-8(7)11;/h2-5,9H,1,12H2;1H/t9-;/m0./s1. The molecule has 0 fully saturated rings. The molecule has 0 aliphatic rings. The fourth-order valence-corrected chi connectivity index (χ4v) is 1.23. The van der Waals surface area contributed by atoms with Gasteiger partial charge in [0.25, 0.3) is 0 Å². The lowest BCUT2D eigenvalue weighted by atomic mass is 10.1. The van der Waals surface area contributed by atoms with Gasteiger partial charge < -0.3 is 5.73 Å². The third-order valence-electron chi connectivity index (χ3n) is 1.58. The summed E-state index contributed by atoms with van der Waals surface area (Å²) in [5.41, 5.74) is 6.04. The molecule has 0 saturated heterocycles. The minimum atomic E-state index is -0.432. The zero-order valence-corrected chi connectivity index (χ0v) is 9.24. The number of hydrogen-bond acceptors (Lipinski definition) is 1. The first-order chi connectivity index (χ1) is 5.65. The van der Waals surface area contributed by atoms with Gasteiger partial charge in [-0.05, 0) is 12.1 Å². The lowest BCUT2D eigenvalue weighted by Crippen LogP contribution is -2.08. The topological polar surface area (TPSA) is 26.0 Å². The second-order valence-corrected chi connectivity index (χ2v) is 3.34. The Bertz CT molecular complexity index is 304. The monoisotopic (exact) mass is 265 g/mol. The predicted octanol–water partition coefficient (Wildman–Crippen LogP) is 3.20. The molecule has 0 bridgehead atoms. The molecule has 0 amide bonds. The highest BCUT2D eigenvalue weighted by molar-refractivity contribution is 9.10. The second kappa shape index (κ2) is 5.37. The molecule has 1 nitrogen and oxygen atoms in total. The summed E-state index contributed by atoms with van der Waals surface area (Å²) in [7, 11) is 0. The molecule has 0 aliphatic carbocycles. The van der Waals surface area contributed by atoms with Gasteiger partial charge in [0.2, 0.25) is 0 Å². The van der Waals surface area contributed by atoms with Gasteiger partial charge in [0.05, 0.1) is 6.04 Å². The number of halogens is 3. The Balaban J connectivity index is 0.00000144. The van der Waals surface area contributed by atoms with Crippen LogP contribution in [0.15, 0.2) is 35.3 Å². The molecule has 1 aromatic carbocycles. The van der Waals surface area contributed by atoms with Gasteiger partial charge in [-0.2, -0.15) is 0 Å². The zero-order chi connectivity index (χ0) is 9.14. The van der Waals surface area contributed by atoms with Crippen molar-refractivity contribution < 1.29 is 4.39 Å². The predicted molar refractivity (Wildman–Crippen MR) is 58.5 cm³/mol. The maximum Gasteiger partial charge on any atom is 0.129 e. The molecule has 0 radical (unpaired) electrons. The molecule has 1 rings (SSSR count). The van der Waals surface area contributed by atoms with E-state index in [2.05, 4.69) is 22.5 Å². The summed E-state index contributed by atoms with van der Waals surface area (Å²) >= 11 is 3.16. The van der Waals surface area contributed by atoms with Gasteiger partial charge in [-0.1, -0.05) is 28.1 Å². The molecule has 0 spiro atoms. The highest BCUT2D eigenvalue weighted by Gasteiger charge is 2.07. The molecule has 72 valence electrons. The maximum atomic E-state index is 13.1. The molecule has 0 unspecified atom stereocenters. The van der Waals surface area contributed by atoms with Gasteiger partial charge in [-0.25, -0.2) is 4.39 Å². The molecule has 0 saturated carbocycles. The van der Waals surface area contributed by atoms with E-state index in [1.54, 1.807) is 12.1 Å². The highest BCUT2D eigenvalue weighted by Crippen LogP contribution is 2.19. The smallest absolute Gasteiger partial charge is 0.129 e. The van der Waals surface area contributed by atoms with Crippen molar-refractivity contribution in [2.75, 3.05) is 0 Å². The van der Waals surface area contributed by atoms with E-state index < -0.39 is 6.04 Å². The summed E-state index contributed by atoms with van der Waals surface area (Å²) in [5, 5.41) is 0. The number of rotatable bonds is 2. The third-order valence-corrected chi connectivity index (χ3v) is 2.07. The van der Waals surface area contributed by atoms with Crippen LogP contribution in [-0.4, -0.2) is 0 Å². The Kier molecular flexibility index (Phi) is 5.21. The Morgan fingerprint density at radius 2 is 2.15 bits per heavy atom. The van der Waals surface area contributed by atoms with Gasteiger partial charge >= 0.3 is 0 Å². The van der Waals surface area contributed by atoms with Crippen LogP contribution < -0.4 is 5.73 Å². The molecule has 0 aliphatic heterocycles. The Morgan fingerprint density at radius 3 is 2.62 bits per heavy atom. The summed E-state index contributed by atoms with van der Waals surface area (Å²) in [6.07, 6.45) is 1.51. The summed E-state index contributed by atoms with van der Waals surface area (Å²) < 4.78 is 13.8. The van der Waals surface area contributed by atoms with Gasteiger partial charge in [-0.3, -0.25) is 0 Å². The summed E-state index contributed by atoms with van der Waals surface area (Å²) in [5.74, 6) is -0.309. The van der Waals surface area contributed by atoms with Crippen molar-refractivity contribution in [3.05, 3.63) is 46.7 Å². The minimum absolute atomic E-state index is 0. The van der Waals surface area contributed by atoms with Gasteiger partial charge in [0.1, 0.15) is 5.82 Å². The van der Waals surface area contributed by atoms with Crippen LogP contribution in [0.4, 0.5) is 4.39 Å². The zero-order valence-electron chi connectivity index (χ0n) is 6.84. The van der Waals surface area contributed by atoms with Crippen molar-refractivity contribution in [1.29, 1.82) is 0 Å². The van der Waals surface area contributed by atoms with Crippen LogP contribution in [0.25, 0.3) is 0 Å².